The molecule has 0 amide bonds. The molecule has 0 aliphatic heterocycles. The van der Waals surface area contributed by atoms with Crippen LogP contribution in [0.3, 0.4) is 0 Å². The molecular formula is C10H5Cl3FN. The average molecular weight is 265 g/mol. The number of fused-ring (bicyclic) bond motifs is 1. The molecule has 1 aromatic carbocycles. The molecule has 2 aromatic rings. The number of nitrogens with zero attached hydrogens (tertiary/aromatic N) is 1. The third-order valence-corrected chi connectivity index (χ3v) is 3.25. The van der Waals surface area contributed by atoms with Crippen molar-refractivity contribution < 1.29 is 4.39 Å². The Balaban J connectivity index is 3.04. The topological polar surface area (TPSA) is 12.9 Å². The fourth-order valence-electron chi connectivity index (χ4n) is 1.40. The zero-order chi connectivity index (χ0) is 11.2. The van der Waals surface area contributed by atoms with Crippen molar-refractivity contribution in [1.29, 1.82) is 0 Å². The van der Waals surface area contributed by atoms with Crippen molar-refractivity contribution in [2.75, 3.05) is 0 Å². The van der Waals surface area contributed by atoms with Crippen LogP contribution in [0.4, 0.5) is 4.39 Å². The molecule has 0 saturated heterocycles. The van der Waals surface area contributed by atoms with E-state index in [1.165, 1.54) is 12.3 Å². The number of pyridine rings is 1. The van der Waals surface area contributed by atoms with Gasteiger partial charge in [0.25, 0.3) is 0 Å². The molecule has 0 bridgehead atoms. The lowest BCUT2D eigenvalue weighted by Gasteiger charge is -2.07. The van der Waals surface area contributed by atoms with Gasteiger partial charge in [-0.25, -0.2) is 4.39 Å². The summed E-state index contributed by atoms with van der Waals surface area (Å²) < 4.78 is 13.4. The van der Waals surface area contributed by atoms with Gasteiger partial charge in [-0.15, -0.1) is 0 Å². The number of hydrogen-bond acceptors (Lipinski definition) is 1. The molecule has 0 unspecified atom stereocenters. The van der Waals surface area contributed by atoms with Crippen molar-refractivity contribution in [2.45, 2.75) is 6.92 Å². The Morgan fingerprint density at radius 1 is 1.20 bits per heavy atom. The summed E-state index contributed by atoms with van der Waals surface area (Å²) in [5.41, 5.74) is 0.861. The molecule has 15 heavy (non-hydrogen) atoms. The van der Waals surface area contributed by atoms with E-state index < -0.39 is 5.82 Å². The molecule has 0 saturated carbocycles. The lowest BCUT2D eigenvalue weighted by molar-refractivity contribution is 0.621. The molecule has 78 valence electrons. The minimum atomic E-state index is -0.418. The van der Waals surface area contributed by atoms with E-state index in [9.17, 15) is 4.39 Å². The molecule has 0 spiro atoms. The molecule has 0 N–H and O–H groups in total. The van der Waals surface area contributed by atoms with E-state index in [0.29, 0.717) is 16.5 Å². The van der Waals surface area contributed by atoms with Crippen LogP contribution in [-0.2, 0) is 0 Å². The van der Waals surface area contributed by atoms with Crippen molar-refractivity contribution in [1.82, 2.24) is 4.98 Å². The van der Waals surface area contributed by atoms with Crippen molar-refractivity contribution in [3.8, 4) is 0 Å². The van der Waals surface area contributed by atoms with Gasteiger partial charge in [-0.1, -0.05) is 34.8 Å². The quantitative estimate of drug-likeness (QED) is 0.675. The van der Waals surface area contributed by atoms with Gasteiger partial charge in [0.2, 0.25) is 0 Å². The molecule has 1 nitrogen and oxygen atoms in total. The minimum absolute atomic E-state index is 0.228. The molecule has 0 aliphatic rings. The van der Waals surface area contributed by atoms with E-state index in [2.05, 4.69) is 4.98 Å². The Hall–Kier alpha value is -0.570. The summed E-state index contributed by atoms with van der Waals surface area (Å²) in [5.74, 6) is -0.418. The molecule has 0 radical (unpaired) electrons. The number of rotatable bonds is 0. The fraction of sp³-hybridized carbons (Fsp3) is 0.100. The molecule has 0 fully saturated rings. The van der Waals surface area contributed by atoms with Crippen molar-refractivity contribution in [3.05, 3.63) is 38.7 Å². The second kappa shape index (κ2) is 3.78. The lowest BCUT2D eigenvalue weighted by atomic mass is 10.1. The van der Waals surface area contributed by atoms with E-state index >= 15 is 0 Å². The van der Waals surface area contributed by atoms with Crippen LogP contribution in [0.5, 0.6) is 0 Å². The number of aryl methyl sites for hydroxylation is 1. The maximum Gasteiger partial charge on any atom is 0.128 e. The molecule has 0 aliphatic carbocycles. The maximum atomic E-state index is 13.4. The van der Waals surface area contributed by atoms with Crippen LogP contribution in [0.1, 0.15) is 5.56 Å². The van der Waals surface area contributed by atoms with Gasteiger partial charge in [-0.2, -0.15) is 0 Å². The molecule has 0 atom stereocenters. The van der Waals surface area contributed by atoms with Gasteiger partial charge in [-0.3, -0.25) is 4.98 Å². The van der Waals surface area contributed by atoms with Crippen LogP contribution in [0.25, 0.3) is 10.9 Å². The van der Waals surface area contributed by atoms with E-state index in [0.717, 1.165) is 0 Å². The Morgan fingerprint density at radius 2 is 1.87 bits per heavy atom. The van der Waals surface area contributed by atoms with E-state index in [1.54, 1.807) is 6.92 Å². The first-order valence-electron chi connectivity index (χ1n) is 4.10. The van der Waals surface area contributed by atoms with Crippen LogP contribution in [0.15, 0.2) is 12.3 Å². The highest BCUT2D eigenvalue weighted by molar-refractivity contribution is 6.46. The Bertz CT molecular complexity index is 546. The van der Waals surface area contributed by atoms with Crippen molar-refractivity contribution >= 4 is 45.7 Å². The summed E-state index contributed by atoms with van der Waals surface area (Å²) in [6.45, 7) is 1.61. The molecular weight excluding hydrogens is 259 g/mol. The van der Waals surface area contributed by atoms with Gasteiger partial charge < -0.3 is 0 Å². The first-order valence-corrected chi connectivity index (χ1v) is 5.24. The summed E-state index contributed by atoms with van der Waals surface area (Å²) in [5, 5.41) is 1.26. The van der Waals surface area contributed by atoms with E-state index in [1.807, 2.05) is 0 Å². The second-order valence-corrected chi connectivity index (χ2v) is 4.30. The summed E-state index contributed by atoms with van der Waals surface area (Å²) >= 11 is 17.6. The summed E-state index contributed by atoms with van der Waals surface area (Å²) in [6, 6.07) is 1.22. The normalized spacial score (nSPS) is 11.0. The predicted molar refractivity (Wildman–Crippen MR) is 61.5 cm³/mol. The maximum absolute atomic E-state index is 13.4. The smallest absolute Gasteiger partial charge is 0.128 e. The van der Waals surface area contributed by atoms with E-state index in [-0.39, 0.29) is 15.1 Å². The summed E-state index contributed by atoms with van der Waals surface area (Å²) in [6.07, 6.45) is 1.40. The molecule has 2 rings (SSSR count). The lowest BCUT2D eigenvalue weighted by Crippen LogP contribution is -1.90. The second-order valence-electron chi connectivity index (χ2n) is 3.11. The Labute approximate surface area is 101 Å². The fourth-order valence-corrected chi connectivity index (χ4v) is 2.06. The Morgan fingerprint density at radius 3 is 2.53 bits per heavy atom. The first kappa shape index (κ1) is 10.9. The van der Waals surface area contributed by atoms with Crippen molar-refractivity contribution in [3.63, 3.8) is 0 Å². The van der Waals surface area contributed by atoms with E-state index in [4.69, 9.17) is 34.8 Å². The van der Waals surface area contributed by atoms with Gasteiger partial charge in [0, 0.05) is 11.6 Å². The summed E-state index contributed by atoms with van der Waals surface area (Å²) in [4.78, 5) is 4.03. The minimum Gasteiger partial charge on any atom is -0.253 e. The molecule has 1 aromatic heterocycles. The summed E-state index contributed by atoms with van der Waals surface area (Å²) in [7, 11) is 0. The van der Waals surface area contributed by atoms with Gasteiger partial charge in [0.05, 0.1) is 20.6 Å². The van der Waals surface area contributed by atoms with Crippen molar-refractivity contribution in [2.24, 2.45) is 0 Å². The first-order chi connectivity index (χ1) is 7.02. The van der Waals surface area contributed by atoms with Gasteiger partial charge in [0.15, 0.2) is 0 Å². The van der Waals surface area contributed by atoms with Gasteiger partial charge >= 0.3 is 0 Å². The number of hydrogen-bond donors (Lipinski definition) is 0. The molecule has 1 heterocycles. The van der Waals surface area contributed by atoms with Crippen LogP contribution in [0, 0.1) is 12.7 Å². The van der Waals surface area contributed by atoms with Gasteiger partial charge in [-0.05, 0) is 18.6 Å². The Kier molecular flexibility index (Phi) is 2.75. The third kappa shape index (κ3) is 1.67. The SMILES string of the molecule is Cc1c(F)cc(Cl)c2ncc(Cl)c(Cl)c12. The van der Waals surface area contributed by atoms with Crippen LogP contribution in [-0.4, -0.2) is 4.98 Å². The van der Waals surface area contributed by atoms with Crippen LogP contribution >= 0.6 is 34.8 Å². The van der Waals surface area contributed by atoms with Crippen LogP contribution < -0.4 is 0 Å². The number of halogens is 4. The highest BCUT2D eigenvalue weighted by Crippen LogP contribution is 2.35. The van der Waals surface area contributed by atoms with Gasteiger partial charge in [0.1, 0.15) is 5.82 Å². The zero-order valence-corrected chi connectivity index (χ0v) is 9.88. The standard InChI is InChI=1S/C10H5Cl3FN/c1-4-7(14)2-5(11)10-8(4)9(13)6(12)3-15-10/h2-3H,1H3. The largest absolute Gasteiger partial charge is 0.253 e. The monoisotopic (exact) mass is 263 g/mol. The molecule has 5 heteroatoms. The zero-order valence-electron chi connectivity index (χ0n) is 7.61. The van der Waals surface area contributed by atoms with Crippen LogP contribution in [0.2, 0.25) is 15.1 Å². The number of benzene rings is 1. The highest BCUT2D eigenvalue weighted by atomic mass is 35.5. The third-order valence-electron chi connectivity index (χ3n) is 2.19. The highest BCUT2D eigenvalue weighted by Gasteiger charge is 2.13. The predicted octanol–water partition coefficient (Wildman–Crippen LogP) is 4.64. The number of aromatic nitrogens is 1. The average Bonchev–Trinajstić information content (AvgIpc) is 2.19.